The van der Waals surface area contributed by atoms with Crippen LogP contribution in [-0.2, 0) is 11.3 Å². The molecule has 1 amide bonds. The van der Waals surface area contributed by atoms with Crippen molar-refractivity contribution in [1.82, 2.24) is 0 Å². The fourth-order valence-corrected chi connectivity index (χ4v) is 3.11. The van der Waals surface area contributed by atoms with Crippen molar-refractivity contribution in [1.29, 1.82) is 0 Å². The standard InChI is InChI=1S/C21H21NO3/c1-2-3-11-17-14-20(23)18-12-7-8-13-19(18)22(17)21(24)25-15-16-9-5-4-6-10-16/h2,4-10,12-13,17H,1,3,11,14-15H2. The second kappa shape index (κ2) is 7.79. The van der Waals surface area contributed by atoms with Gasteiger partial charge in [0.15, 0.2) is 5.78 Å². The molecule has 0 radical (unpaired) electrons. The Balaban J connectivity index is 1.83. The van der Waals surface area contributed by atoms with Crippen molar-refractivity contribution in [3.63, 3.8) is 0 Å². The van der Waals surface area contributed by atoms with Crippen molar-refractivity contribution in [3.8, 4) is 0 Å². The topological polar surface area (TPSA) is 46.6 Å². The quantitative estimate of drug-likeness (QED) is 0.741. The molecule has 128 valence electrons. The van der Waals surface area contributed by atoms with Gasteiger partial charge in [-0.05, 0) is 30.5 Å². The molecule has 0 bridgehead atoms. The summed E-state index contributed by atoms with van der Waals surface area (Å²) in [6, 6.07) is 16.6. The van der Waals surface area contributed by atoms with E-state index in [1.807, 2.05) is 42.5 Å². The van der Waals surface area contributed by atoms with Crippen LogP contribution in [0.25, 0.3) is 0 Å². The van der Waals surface area contributed by atoms with Crippen LogP contribution in [0.2, 0.25) is 0 Å². The van der Waals surface area contributed by atoms with Crippen LogP contribution in [0.1, 0.15) is 35.2 Å². The average molecular weight is 335 g/mol. The van der Waals surface area contributed by atoms with Crippen molar-refractivity contribution in [2.24, 2.45) is 0 Å². The monoisotopic (exact) mass is 335 g/mol. The lowest BCUT2D eigenvalue weighted by Gasteiger charge is -2.35. The molecule has 3 rings (SSSR count). The zero-order valence-corrected chi connectivity index (χ0v) is 14.1. The molecule has 4 nitrogen and oxygen atoms in total. The first kappa shape index (κ1) is 17.0. The number of rotatable bonds is 5. The van der Waals surface area contributed by atoms with Crippen molar-refractivity contribution in [3.05, 3.63) is 78.4 Å². The van der Waals surface area contributed by atoms with Gasteiger partial charge in [0.05, 0.1) is 5.69 Å². The predicted molar refractivity (Wildman–Crippen MR) is 97.7 cm³/mol. The van der Waals surface area contributed by atoms with E-state index in [9.17, 15) is 9.59 Å². The van der Waals surface area contributed by atoms with Gasteiger partial charge in [-0.1, -0.05) is 48.5 Å². The second-order valence-electron chi connectivity index (χ2n) is 6.07. The maximum absolute atomic E-state index is 12.8. The number of amides is 1. The minimum Gasteiger partial charge on any atom is -0.444 e. The fraction of sp³-hybridized carbons (Fsp3) is 0.238. The molecule has 25 heavy (non-hydrogen) atoms. The van der Waals surface area contributed by atoms with E-state index in [1.54, 1.807) is 23.1 Å². The van der Waals surface area contributed by atoms with Gasteiger partial charge in [0.2, 0.25) is 0 Å². The number of ether oxygens (including phenoxy) is 1. The Morgan fingerprint density at radius 3 is 2.64 bits per heavy atom. The summed E-state index contributed by atoms with van der Waals surface area (Å²) in [5, 5.41) is 0. The largest absolute Gasteiger partial charge is 0.444 e. The number of Topliss-reactive ketones (excluding diaryl/α,β-unsaturated/α-hetero) is 1. The molecule has 4 heteroatoms. The van der Waals surface area contributed by atoms with Crippen molar-refractivity contribution in [2.75, 3.05) is 4.90 Å². The van der Waals surface area contributed by atoms with Crippen LogP contribution in [0.15, 0.2) is 67.3 Å². The van der Waals surface area contributed by atoms with Gasteiger partial charge in [-0.2, -0.15) is 0 Å². The number of nitrogens with zero attached hydrogens (tertiary/aromatic N) is 1. The van der Waals surface area contributed by atoms with Gasteiger partial charge in [0.1, 0.15) is 6.61 Å². The third kappa shape index (κ3) is 3.79. The molecule has 0 saturated carbocycles. The highest BCUT2D eigenvalue weighted by molar-refractivity contribution is 6.08. The zero-order chi connectivity index (χ0) is 17.6. The van der Waals surface area contributed by atoms with E-state index in [-0.39, 0.29) is 18.4 Å². The molecular formula is C21H21NO3. The summed E-state index contributed by atoms with van der Waals surface area (Å²) in [5.41, 5.74) is 2.14. The summed E-state index contributed by atoms with van der Waals surface area (Å²) >= 11 is 0. The summed E-state index contributed by atoms with van der Waals surface area (Å²) < 4.78 is 5.52. The molecule has 0 aliphatic carbocycles. The summed E-state index contributed by atoms with van der Waals surface area (Å²) in [6.07, 6.45) is 3.12. The van der Waals surface area contributed by atoms with E-state index < -0.39 is 6.09 Å². The number of fused-ring (bicyclic) bond motifs is 1. The molecular weight excluding hydrogens is 314 g/mol. The molecule has 2 aromatic carbocycles. The van der Waals surface area contributed by atoms with Crippen molar-refractivity contribution >= 4 is 17.6 Å². The molecule has 0 aromatic heterocycles. The summed E-state index contributed by atoms with van der Waals surface area (Å²) in [5.74, 6) is 0.0665. The van der Waals surface area contributed by atoms with E-state index in [4.69, 9.17) is 4.74 Å². The van der Waals surface area contributed by atoms with Crippen LogP contribution < -0.4 is 4.90 Å². The summed E-state index contributed by atoms with van der Waals surface area (Å²) in [4.78, 5) is 26.8. The molecule has 1 heterocycles. The molecule has 1 aliphatic rings. The normalized spacial score (nSPS) is 16.2. The Labute approximate surface area is 147 Å². The molecule has 1 atom stereocenters. The predicted octanol–water partition coefficient (Wildman–Crippen LogP) is 4.75. The summed E-state index contributed by atoms with van der Waals surface area (Å²) in [7, 11) is 0. The SMILES string of the molecule is C=CCCC1CC(=O)c2ccccc2N1C(=O)OCc1ccccc1. The van der Waals surface area contributed by atoms with Crippen LogP contribution in [0.5, 0.6) is 0 Å². The minimum absolute atomic E-state index is 0.0665. The number of anilines is 1. The first-order chi connectivity index (χ1) is 12.2. The van der Waals surface area contributed by atoms with E-state index in [0.29, 0.717) is 24.1 Å². The third-order valence-electron chi connectivity index (χ3n) is 4.36. The number of allylic oxidation sites excluding steroid dienone is 1. The number of hydrogen-bond donors (Lipinski definition) is 0. The van der Waals surface area contributed by atoms with Crippen molar-refractivity contribution in [2.45, 2.75) is 31.9 Å². The van der Waals surface area contributed by atoms with Gasteiger partial charge in [-0.3, -0.25) is 9.69 Å². The highest BCUT2D eigenvalue weighted by Gasteiger charge is 2.35. The lowest BCUT2D eigenvalue weighted by Crippen LogP contribution is -2.45. The molecule has 0 fully saturated rings. The number of benzene rings is 2. The maximum Gasteiger partial charge on any atom is 0.414 e. The van der Waals surface area contributed by atoms with Crippen molar-refractivity contribution < 1.29 is 14.3 Å². The number of hydrogen-bond acceptors (Lipinski definition) is 3. The molecule has 1 aliphatic heterocycles. The highest BCUT2D eigenvalue weighted by Crippen LogP contribution is 2.33. The lowest BCUT2D eigenvalue weighted by molar-refractivity contribution is 0.0959. The lowest BCUT2D eigenvalue weighted by atomic mass is 9.92. The number of carbonyl (C=O) groups excluding carboxylic acids is 2. The van der Waals surface area contributed by atoms with Gasteiger partial charge in [-0.15, -0.1) is 6.58 Å². The van der Waals surface area contributed by atoms with Gasteiger partial charge in [0.25, 0.3) is 0 Å². The van der Waals surface area contributed by atoms with Gasteiger partial charge < -0.3 is 4.74 Å². The van der Waals surface area contributed by atoms with Crippen LogP contribution >= 0.6 is 0 Å². The zero-order valence-electron chi connectivity index (χ0n) is 14.1. The van der Waals surface area contributed by atoms with Gasteiger partial charge in [0, 0.05) is 18.0 Å². The maximum atomic E-state index is 12.8. The summed E-state index contributed by atoms with van der Waals surface area (Å²) in [6.45, 7) is 3.94. The molecule has 0 N–H and O–H groups in total. The van der Waals surface area contributed by atoms with E-state index in [1.165, 1.54) is 0 Å². The van der Waals surface area contributed by atoms with E-state index in [0.717, 1.165) is 12.0 Å². The highest BCUT2D eigenvalue weighted by atomic mass is 16.6. The van der Waals surface area contributed by atoms with Crippen LogP contribution in [0.4, 0.5) is 10.5 Å². The van der Waals surface area contributed by atoms with Crippen LogP contribution in [0, 0.1) is 0 Å². The fourth-order valence-electron chi connectivity index (χ4n) is 3.11. The third-order valence-corrected chi connectivity index (χ3v) is 4.36. The Morgan fingerprint density at radius 1 is 1.16 bits per heavy atom. The first-order valence-corrected chi connectivity index (χ1v) is 8.43. The van der Waals surface area contributed by atoms with Gasteiger partial charge in [-0.25, -0.2) is 4.79 Å². The Bertz CT molecular complexity index is 770. The molecule has 1 unspecified atom stereocenters. The van der Waals surface area contributed by atoms with Crippen LogP contribution in [0.3, 0.4) is 0 Å². The smallest absolute Gasteiger partial charge is 0.414 e. The first-order valence-electron chi connectivity index (χ1n) is 8.43. The number of ketones is 1. The Kier molecular flexibility index (Phi) is 5.29. The minimum atomic E-state index is -0.419. The average Bonchev–Trinajstić information content (AvgIpc) is 2.65. The second-order valence-corrected chi connectivity index (χ2v) is 6.07. The van der Waals surface area contributed by atoms with Crippen LogP contribution in [-0.4, -0.2) is 17.9 Å². The number of para-hydroxylation sites is 1. The van der Waals surface area contributed by atoms with E-state index in [2.05, 4.69) is 6.58 Å². The number of carbonyl (C=O) groups is 2. The Morgan fingerprint density at radius 2 is 1.88 bits per heavy atom. The van der Waals surface area contributed by atoms with Gasteiger partial charge >= 0.3 is 6.09 Å². The molecule has 0 saturated heterocycles. The molecule has 0 spiro atoms. The molecule has 2 aromatic rings. The van der Waals surface area contributed by atoms with E-state index >= 15 is 0 Å². The Hall–Kier alpha value is -2.88.